The summed E-state index contributed by atoms with van der Waals surface area (Å²) in [6.07, 6.45) is 13.2. The molecule has 0 aliphatic heterocycles. The molecular weight excluding hydrogens is 1280 g/mol. The fourth-order valence-electron chi connectivity index (χ4n) is 8.05. The van der Waals surface area contributed by atoms with E-state index in [2.05, 4.69) is 93.6 Å². The van der Waals surface area contributed by atoms with Gasteiger partial charge in [0.25, 0.3) is 0 Å². The predicted molar refractivity (Wildman–Crippen MR) is 315 cm³/mol. The largest absolute Gasteiger partial charge is 1.00 e. The van der Waals surface area contributed by atoms with Gasteiger partial charge in [0.2, 0.25) is 0 Å². The molecule has 0 fully saturated rings. The molecule has 0 spiro atoms. The van der Waals surface area contributed by atoms with Crippen molar-refractivity contribution in [2.45, 2.75) is 93.5 Å². The Morgan fingerprint density at radius 2 is 0.512 bits per heavy atom. The Labute approximate surface area is 621 Å². The van der Waals surface area contributed by atoms with E-state index in [4.69, 9.17) is 29.4 Å². The Kier molecular flexibility index (Phi) is 37.4. The summed E-state index contributed by atoms with van der Waals surface area (Å²) in [6, 6.07) is 47.2. The second kappa shape index (κ2) is 38.5. The van der Waals surface area contributed by atoms with Gasteiger partial charge >= 0.3 is 177 Å². The van der Waals surface area contributed by atoms with Crippen molar-refractivity contribution in [1.82, 2.24) is 0 Å². The van der Waals surface area contributed by atoms with Gasteiger partial charge in [-0.3, -0.25) is 13.7 Å². The van der Waals surface area contributed by atoms with Crippen LogP contribution < -0.4 is 154 Å². The molecule has 6 aromatic rings. The van der Waals surface area contributed by atoms with Crippen molar-refractivity contribution in [2.24, 2.45) is 0 Å². The van der Waals surface area contributed by atoms with E-state index in [9.17, 15) is 52.6 Å². The average Bonchev–Trinajstić information content (AvgIpc) is 3.61. The Hall–Kier alpha value is -0.371. The van der Waals surface area contributed by atoms with Crippen molar-refractivity contribution in [3.8, 4) is 33.4 Å². The third-order valence-corrected chi connectivity index (χ3v) is 22.5. The minimum absolute atomic E-state index is 0. The second-order valence-electron chi connectivity index (χ2n) is 18.7. The summed E-state index contributed by atoms with van der Waals surface area (Å²) in [6.45, 7) is 6.40. The van der Waals surface area contributed by atoms with Gasteiger partial charge in [-0.2, -0.15) is 0 Å². The molecule has 0 aromatic heterocycles. The van der Waals surface area contributed by atoms with Crippen molar-refractivity contribution < 1.29 is 236 Å². The van der Waals surface area contributed by atoms with Gasteiger partial charge in [-0.15, -0.1) is 0 Å². The van der Waals surface area contributed by atoms with Crippen LogP contribution in [0.15, 0.2) is 164 Å². The first-order chi connectivity index (χ1) is 37.8. The number of aryl methyl sites for hydroxylation is 3. The fourth-order valence-corrected chi connectivity index (χ4v) is 14.3. The summed E-state index contributed by atoms with van der Waals surface area (Å²) < 4.78 is 133. The van der Waals surface area contributed by atoms with Crippen molar-refractivity contribution in [3.05, 3.63) is 197 Å². The molecule has 18 nitrogen and oxygen atoms in total. The summed E-state index contributed by atoms with van der Waals surface area (Å²) in [4.78, 5) is 47.4. The summed E-state index contributed by atoms with van der Waals surface area (Å²) in [7, 11) is -30.4. The van der Waals surface area contributed by atoms with Crippen molar-refractivity contribution >= 4 is 71.4 Å². The molecule has 84 heavy (non-hydrogen) atoms. The van der Waals surface area contributed by atoms with Crippen LogP contribution in [0.2, 0.25) is 0 Å². The van der Waals surface area contributed by atoms with E-state index in [0.29, 0.717) is 0 Å². The van der Waals surface area contributed by atoms with Gasteiger partial charge in [0, 0.05) is 0 Å². The molecule has 6 aromatic carbocycles. The summed E-state index contributed by atoms with van der Waals surface area (Å²) in [5.74, 6) is 0. The molecule has 6 N–H and O–H groups in total. The Morgan fingerprint density at radius 1 is 0.345 bits per heavy atom. The van der Waals surface area contributed by atoms with Crippen LogP contribution >= 0.6 is 22.8 Å². The molecule has 27 heteroatoms. The quantitative estimate of drug-likeness (QED) is 0.0288. The normalized spacial score (nSPS) is 13.3. The minimum Gasteiger partial charge on any atom is -0.747 e. The first-order valence-electron chi connectivity index (χ1n) is 25.4. The monoisotopic (exact) mass is 1340 g/mol. The maximum atomic E-state index is 11.2. The van der Waals surface area contributed by atoms with Gasteiger partial charge in [-0.25, -0.2) is 25.3 Å². The molecule has 3 atom stereocenters. The summed E-state index contributed by atoms with van der Waals surface area (Å²) in [5.41, 5.74) is 12.3. The van der Waals surface area contributed by atoms with Crippen LogP contribution in [-0.2, 0) is 63.3 Å². The molecule has 0 saturated carbocycles. The zero-order valence-corrected chi connectivity index (χ0v) is 62.1. The Bertz CT molecular complexity index is 3180. The topological polar surface area (TPSA) is 344 Å². The molecule has 0 aliphatic carbocycles. The molecule has 0 heterocycles. The van der Waals surface area contributed by atoms with Gasteiger partial charge in [-0.05, 0) is 105 Å². The first-order valence-corrected chi connectivity index (χ1v) is 34.9. The van der Waals surface area contributed by atoms with Crippen molar-refractivity contribution in [1.29, 1.82) is 0 Å². The summed E-state index contributed by atoms with van der Waals surface area (Å²) >= 11 is 0. The summed E-state index contributed by atoms with van der Waals surface area (Å²) in [5, 5.41) is 0. The van der Waals surface area contributed by atoms with Crippen molar-refractivity contribution in [2.75, 3.05) is 0 Å². The molecule has 0 aliphatic rings. The molecule has 0 radical (unpaired) electrons. The molecule has 0 saturated heterocycles. The molecule has 0 bridgehead atoms. The molecule has 6 rings (SSSR count). The number of hydrogen-bond donors (Lipinski definition) is 6. The van der Waals surface area contributed by atoms with Crippen LogP contribution in [0, 0.1) is 0 Å². The average molecular weight is 1350 g/mol. The van der Waals surface area contributed by atoms with E-state index in [1.165, 1.54) is 53.1 Å². The van der Waals surface area contributed by atoms with Crippen LogP contribution in [0.3, 0.4) is 0 Å². The zero-order valence-electron chi connectivity index (χ0n) is 47.6. The molecule has 438 valence electrons. The van der Waals surface area contributed by atoms with Crippen LogP contribution in [0.5, 0.6) is 0 Å². The van der Waals surface area contributed by atoms with E-state index >= 15 is 0 Å². The number of benzene rings is 6. The SMILES string of the molecule is CCCc1ccc(-c2ccc(/C=C/CC(P(=O)(O)O)S(=O)(=O)[O-])cc2)cc1.CCCc1ccc(-c2ccc(/C=C/CC(P(=O)(O)O)S(=O)(=O)[O-])cc2)cc1.CCCc1ccc(-c2ccc(/C=C/CC(P(=O)(O)O)S(=O)(=O)[O-])cc2)cc1.[K+].[K+].[K+]. The van der Waals surface area contributed by atoms with Crippen LogP contribution in [0.4, 0.5) is 0 Å². The van der Waals surface area contributed by atoms with E-state index in [0.717, 1.165) is 88.6 Å². The van der Waals surface area contributed by atoms with Crippen molar-refractivity contribution in [3.63, 3.8) is 0 Å². The van der Waals surface area contributed by atoms with Gasteiger partial charge < -0.3 is 43.0 Å². The molecule has 3 unspecified atom stereocenters. The second-order valence-corrected chi connectivity index (χ2v) is 29.8. The predicted octanol–water partition coefficient (Wildman–Crippen LogP) is 2.29. The number of hydrogen-bond acceptors (Lipinski definition) is 12. The number of allylic oxidation sites excluding steroid dienone is 3. The minimum atomic E-state index is -5.09. The van der Waals surface area contributed by atoms with E-state index in [1.807, 2.05) is 72.8 Å². The third-order valence-electron chi connectivity index (χ3n) is 12.3. The molecule has 0 amide bonds. The fraction of sp³-hybridized carbons (Fsp3) is 0.263. The standard InChI is InChI=1S/3C19H23O6PS.3K/c3*1-2-4-15-7-11-17(12-8-15)18-13-9-16(10-14-18)5-3-6-19(26(20,21)22)27(23,24)25;;;/h3*3,5,7-14,19H,2,4,6H2,1H3,(H2,20,21,22)(H,23,24,25);;;/q;;;3*+1/p-3/b3*5-3+;;;. The van der Waals surface area contributed by atoms with Crippen LogP contribution in [0.1, 0.15) is 92.7 Å². The van der Waals surface area contributed by atoms with Gasteiger partial charge in [0.15, 0.2) is 15.0 Å². The maximum Gasteiger partial charge on any atom is 1.00 e. The maximum absolute atomic E-state index is 11.2. The van der Waals surface area contributed by atoms with Gasteiger partial charge in [-0.1, -0.05) is 222 Å². The van der Waals surface area contributed by atoms with Gasteiger partial charge in [0.05, 0.1) is 0 Å². The van der Waals surface area contributed by atoms with E-state index in [-0.39, 0.29) is 154 Å². The van der Waals surface area contributed by atoms with Crippen LogP contribution in [0.25, 0.3) is 51.6 Å². The zero-order chi connectivity index (χ0) is 60.2. The smallest absolute Gasteiger partial charge is 0.747 e. The molecular formula is C57H66K3O18P3S3. The Balaban J connectivity index is 0.000000619. The number of rotatable bonds is 24. The van der Waals surface area contributed by atoms with Crippen LogP contribution in [-0.4, -0.2) is 83.2 Å². The van der Waals surface area contributed by atoms with E-state index < -0.39 is 87.4 Å². The third kappa shape index (κ3) is 29.3. The van der Waals surface area contributed by atoms with Gasteiger partial charge in [0.1, 0.15) is 30.4 Å². The van der Waals surface area contributed by atoms with E-state index in [1.54, 1.807) is 0 Å². The Morgan fingerprint density at radius 3 is 0.655 bits per heavy atom. The first kappa shape index (κ1) is 81.6.